The van der Waals surface area contributed by atoms with Crippen molar-refractivity contribution in [3.05, 3.63) is 0 Å². The van der Waals surface area contributed by atoms with Crippen LogP contribution >= 0.6 is 0 Å². The molecule has 3 nitrogen and oxygen atoms in total. The van der Waals surface area contributed by atoms with Gasteiger partial charge in [-0.15, -0.1) is 0 Å². The maximum absolute atomic E-state index is 10.9. The van der Waals surface area contributed by atoms with Gasteiger partial charge in [-0.2, -0.15) is 0 Å². The van der Waals surface area contributed by atoms with Crippen LogP contribution in [0, 0.1) is 11.8 Å². The highest BCUT2D eigenvalue weighted by molar-refractivity contribution is 5.77. The summed E-state index contributed by atoms with van der Waals surface area (Å²) >= 11 is 0. The Kier molecular flexibility index (Phi) is 2.39. The number of nitrogens with zero attached hydrogens (tertiary/aromatic N) is 2. The van der Waals surface area contributed by atoms with Gasteiger partial charge in [-0.05, 0) is 25.8 Å². The lowest BCUT2D eigenvalue weighted by atomic mass is 10.0. The fourth-order valence-corrected chi connectivity index (χ4v) is 2.77. The summed E-state index contributed by atoms with van der Waals surface area (Å²) in [5, 5.41) is 0. The van der Waals surface area contributed by atoms with Gasteiger partial charge in [0.05, 0.1) is 6.54 Å². The molecule has 0 aliphatic carbocycles. The first kappa shape index (κ1) is 9.16. The number of rotatable bonds is 2. The van der Waals surface area contributed by atoms with E-state index in [-0.39, 0.29) is 0 Å². The lowest BCUT2D eigenvalue weighted by molar-refractivity contribution is -0.117. The summed E-state index contributed by atoms with van der Waals surface area (Å²) in [5.74, 6) is 1.95. The molecular weight excluding hydrogens is 164 g/mol. The summed E-state index contributed by atoms with van der Waals surface area (Å²) in [7, 11) is 2.19. The van der Waals surface area contributed by atoms with E-state index < -0.39 is 0 Å². The fraction of sp³-hybridized carbons (Fsp3) is 0.900. The molecule has 3 heteroatoms. The summed E-state index contributed by atoms with van der Waals surface area (Å²) in [6.45, 7) is 7.05. The zero-order valence-corrected chi connectivity index (χ0v) is 8.49. The summed E-state index contributed by atoms with van der Waals surface area (Å²) in [6.07, 6.45) is 0. The largest absolute Gasteiger partial charge is 0.306 e. The normalized spacial score (nSPS) is 35.2. The lowest BCUT2D eigenvalue weighted by Gasteiger charge is -2.16. The molecule has 2 aliphatic rings. The van der Waals surface area contributed by atoms with Crippen LogP contribution in [0.3, 0.4) is 0 Å². The van der Waals surface area contributed by atoms with Crippen LogP contribution in [0.15, 0.2) is 0 Å². The van der Waals surface area contributed by atoms with Gasteiger partial charge < -0.3 is 4.90 Å². The maximum atomic E-state index is 10.9. The lowest BCUT2D eigenvalue weighted by Crippen LogP contribution is -2.30. The van der Waals surface area contributed by atoms with Gasteiger partial charge >= 0.3 is 0 Å². The van der Waals surface area contributed by atoms with Crippen molar-refractivity contribution < 1.29 is 4.79 Å². The predicted octanol–water partition coefficient (Wildman–Crippen LogP) is 0.0688. The van der Waals surface area contributed by atoms with Gasteiger partial charge in [-0.1, -0.05) is 0 Å². The highest BCUT2D eigenvalue weighted by Crippen LogP contribution is 2.29. The molecular formula is C10H18N2O. The van der Waals surface area contributed by atoms with Gasteiger partial charge in [-0.25, -0.2) is 0 Å². The number of hydrogen-bond donors (Lipinski definition) is 0. The van der Waals surface area contributed by atoms with E-state index in [1.54, 1.807) is 6.92 Å². The number of Topliss-reactive ketones (excluding diaryl/α,β-unsaturated/α-hetero) is 1. The third-order valence-corrected chi connectivity index (χ3v) is 3.19. The third-order valence-electron chi connectivity index (χ3n) is 3.19. The topological polar surface area (TPSA) is 23.6 Å². The fourth-order valence-electron chi connectivity index (χ4n) is 2.77. The van der Waals surface area contributed by atoms with Gasteiger partial charge in [0.25, 0.3) is 0 Å². The van der Waals surface area contributed by atoms with Crippen molar-refractivity contribution in [1.29, 1.82) is 0 Å². The van der Waals surface area contributed by atoms with Gasteiger partial charge in [0.2, 0.25) is 0 Å². The molecule has 2 aliphatic heterocycles. The monoisotopic (exact) mass is 182 g/mol. The number of hydrogen-bond acceptors (Lipinski definition) is 3. The Hall–Kier alpha value is -0.410. The molecule has 0 aromatic heterocycles. The number of carbonyl (C=O) groups excluding carboxylic acids is 1. The van der Waals surface area contributed by atoms with E-state index in [9.17, 15) is 4.79 Å². The van der Waals surface area contributed by atoms with E-state index in [0.29, 0.717) is 12.3 Å². The van der Waals surface area contributed by atoms with E-state index >= 15 is 0 Å². The van der Waals surface area contributed by atoms with Gasteiger partial charge in [0, 0.05) is 26.2 Å². The van der Waals surface area contributed by atoms with Crippen LogP contribution in [0.5, 0.6) is 0 Å². The van der Waals surface area contributed by atoms with Gasteiger partial charge in [0.15, 0.2) is 0 Å². The zero-order valence-electron chi connectivity index (χ0n) is 8.49. The van der Waals surface area contributed by atoms with Crippen molar-refractivity contribution >= 4 is 5.78 Å². The first-order valence-electron chi connectivity index (χ1n) is 5.05. The molecule has 74 valence electrons. The summed E-state index contributed by atoms with van der Waals surface area (Å²) in [4.78, 5) is 15.6. The minimum atomic E-state index is 0.299. The first-order valence-corrected chi connectivity index (χ1v) is 5.05. The van der Waals surface area contributed by atoms with E-state index in [2.05, 4.69) is 16.8 Å². The van der Waals surface area contributed by atoms with Crippen LogP contribution < -0.4 is 0 Å². The molecule has 0 saturated carbocycles. The molecule has 0 radical (unpaired) electrons. The smallest absolute Gasteiger partial charge is 0.143 e. The summed E-state index contributed by atoms with van der Waals surface area (Å²) < 4.78 is 0. The number of carbonyl (C=O) groups is 1. The SMILES string of the molecule is CC(=O)CN1CC2CN(C)CC2C1. The molecule has 0 aromatic rings. The minimum absolute atomic E-state index is 0.299. The summed E-state index contributed by atoms with van der Waals surface area (Å²) in [6, 6.07) is 0. The molecule has 2 fully saturated rings. The van der Waals surface area contributed by atoms with Crippen LogP contribution in [-0.4, -0.2) is 55.4 Å². The van der Waals surface area contributed by atoms with Crippen LogP contribution in [0.1, 0.15) is 6.92 Å². The van der Waals surface area contributed by atoms with E-state index in [1.807, 2.05) is 0 Å². The van der Waals surface area contributed by atoms with Crippen molar-refractivity contribution in [2.75, 3.05) is 39.8 Å². The molecule has 2 unspecified atom stereocenters. The Labute approximate surface area is 79.7 Å². The number of likely N-dealkylation sites (tertiary alicyclic amines) is 2. The van der Waals surface area contributed by atoms with Crippen molar-refractivity contribution in [2.24, 2.45) is 11.8 Å². The molecule has 0 aromatic carbocycles. The highest BCUT2D eigenvalue weighted by Gasteiger charge is 2.38. The zero-order chi connectivity index (χ0) is 9.42. The van der Waals surface area contributed by atoms with Crippen LogP contribution in [0.2, 0.25) is 0 Å². The van der Waals surface area contributed by atoms with E-state index in [1.165, 1.54) is 13.1 Å². The van der Waals surface area contributed by atoms with E-state index in [4.69, 9.17) is 0 Å². The second-order valence-electron chi connectivity index (χ2n) is 4.64. The summed E-state index contributed by atoms with van der Waals surface area (Å²) in [5.41, 5.74) is 0. The quantitative estimate of drug-likeness (QED) is 0.604. The van der Waals surface area contributed by atoms with Crippen molar-refractivity contribution in [3.8, 4) is 0 Å². The Morgan fingerprint density at radius 2 is 1.77 bits per heavy atom. The third kappa shape index (κ3) is 1.92. The molecule has 2 saturated heterocycles. The van der Waals surface area contributed by atoms with Crippen molar-refractivity contribution in [2.45, 2.75) is 6.92 Å². The minimum Gasteiger partial charge on any atom is -0.306 e. The Bertz CT molecular complexity index is 203. The van der Waals surface area contributed by atoms with E-state index in [0.717, 1.165) is 24.9 Å². The first-order chi connectivity index (χ1) is 6.15. The molecule has 0 spiro atoms. The predicted molar refractivity (Wildman–Crippen MR) is 51.6 cm³/mol. The van der Waals surface area contributed by atoms with Crippen LogP contribution in [0.25, 0.3) is 0 Å². The molecule has 2 rings (SSSR count). The van der Waals surface area contributed by atoms with Crippen LogP contribution in [0.4, 0.5) is 0 Å². The molecule has 0 bridgehead atoms. The van der Waals surface area contributed by atoms with Gasteiger partial charge in [0.1, 0.15) is 5.78 Å². The van der Waals surface area contributed by atoms with Crippen LogP contribution in [-0.2, 0) is 4.79 Å². The number of ketones is 1. The second kappa shape index (κ2) is 3.39. The average molecular weight is 182 g/mol. The van der Waals surface area contributed by atoms with Crippen molar-refractivity contribution in [3.63, 3.8) is 0 Å². The Morgan fingerprint density at radius 1 is 1.23 bits per heavy atom. The van der Waals surface area contributed by atoms with Gasteiger partial charge in [-0.3, -0.25) is 9.69 Å². The molecule has 0 amide bonds. The maximum Gasteiger partial charge on any atom is 0.143 e. The molecule has 2 heterocycles. The molecule has 0 N–H and O–H groups in total. The number of fused-ring (bicyclic) bond motifs is 1. The Morgan fingerprint density at radius 3 is 2.23 bits per heavy atom. The standard InChI is InChI=1S/C10H18N2O/c1-8(13)3-12-6-9-4-11(2)5-10(9)7-12/h9-10H,3-7H2,1-2H3. The molecule has 2 atom stereocenters. The average Bonchev–Trinajstić information content (AvgIpc) is 2.41. The highest BCUT2D eigenvalue weighted by atomic mass is 16.1. The second-order valence-corrected chi connectivity index (χ2v) is 4.64. The Balaban J connectivity index is 1.86. The molecule has 13 heavy (non-hydrogen) atoms. The van der Waals surface area contributed by atoms with Crippen molar-refractivity contribution in [1.82, 2.24) is 9.80 Å².